The van der Waals surface area contributed by atoms with Gasteiger partial charge < -0.3 is 84.6 Å². The average molecular weight is 963 g/mol. The van der Waals surface area contributed by atoms with Crippen molar-refractivity contribution in [2.24, 2.45) is 45.3 Å². The van der Waals surface area contributed by atoms with Crippen molar-refractivity contribution in [3.63, 3.8) is 0 Å². The van der Waals surface area contributed by atoms with Crippen LogP contribution in [0.4, 0.5) is 0 Å². The molecular weight excluding hydrogens is 881 g/mol. The first kappa shape index (κ1) is 53.8. The molecule has 0 radical (unpaired) electrons. The summed E-state index contributed by atoms with van der Waals surface area (Å²) < 4.78 is 37.3. The summed E-state index contributed by atoms with van der Waals surface area (Å²) in [5.41, 5.74) is -1.18. The van der Waals surface area contributed by atoms with Crippen molar-refractivity contribution in [3.8, 4) is 0 Å². The lowest BCUT2D eigenvalue weighted by Crippen LogP contribution is -2.67. The molecule has 25 atom stereocenters. The van der Waals surface area contributed by atoms with Crippen LogP contribution >= 0.6 is 0 Å². The van der Waals surface area contributed by atoms with Gasteiger partial charge in [0.05, 0.1) is 31.5 Å². The van der Waals surface area contributed by atoms with Crippen LogP contribution < -0.4 is 0 Å². The van der Waals surface area contributed by atoms with E-state index in [1.165, 1.54) is 0 Å². The van der Waals surface area contributed by atoms with Gasteiger partial charge in [0, 0.05) is 0 Å². The Morgan fingerprint density at radius 3 is 1.73 bits per heavy atom. The molecule has 3 saturated heterocycles. The molecule has 4 saturated carbocycles. The third-order valence-corrected chi connectivity index (χ3v) is 19.2. The molecule has 0 bridgehead atoms. The highest BCUT2D eigenvalue weighted by Gasteiger charge is 2.70. The Kier molecular flexibility index (Phi) is 16.1. The molecule has 19 nitrogen and oxygen atoms in total. The Balaban J connectivity index is 1.12. The van der Waals surface area contributed by atoms with Crippen LogP contribution in [0.25, 0.3) is 0 Å². The van der Waals surface area contributed by atoms with Crippen LogP contribution in [-0.4, -0.2) is 191 Å². The lowest BCUT2D eigenvalue weighted by molar-refractivity contribution is -0.378. The van der Waals surface area contributed by atoms with Crippen molar-refractivity contribution in [1.29, 1.82) is 0 Å². The number of fused-ring (bicyclic) bond motifs is 5. The molecule has 7 fully saturated rings. The van der Waals surface area contributed by atoms with Crippen molar-refractivity contribution in [2.75, 3.05) is 19.8 Å². The summed E-state index contributed by atoms with van der Waals surface area (Å²) in [4.78, 5) is 4.83. The van der Waals surface area contributed by atoms with Gasteiger partial charge in [-0.05, 0) is 129 Å². The van der Waals surface area contributed by atoms with Gasteiger partial charge in [-0.25, -0.2) is 4.89 Å². The second-order valence-corrected chi connectivity index (χ2v) is 22.9. The van der Waals surface area contributed by atoms with Crippen molar-refractivity contribution in [2.45, 2.75) is 223 Å². The summed E-state index contributed by atoms with van der Waals surface area (Å²) in [6.45, 7) is 17.5. The molecule has 19 heteroatoms. The molecule has 0 amide bonds. The molecule has 0 spiro atoms. The van der Waals surface area contributed by atoms with Gasteiger partial charge in [0.15, 0.2) is 18.9 Å². The highest BCUT2D eigenvalue weighted by Crippen LogP contribution is 2.76. The van der Waals surface area contributed by atoms with E-state index in [2.05, 4.69) is 41.2 Å². The molecule has 12 N–H and O–H groups in total. The second-order valence-electron chi connectivity index (χ2n) is 22.9. The van der Waals surface area contributed by atoms with Gasteiger partial charge in [0.25, 0.3) is 0 Å². The fourth-order valence-corrected chi connectivity index (χ4v) is 15.1. The maximum atomic E-state index is 11.4. The van der Waals surface area contributed by atoms with Gasteiger partial charge in [-0.3, -0.25) is 5.26 Å². The lowest BCUT2D eigenvalue weighted by Gasteiger charge is -2.70. The van der Waals surface area contributed by atoms with E-state index in [4.69, 9.17) is 33.3 Å². The van der Waals surface area contributed by atoms with Crippen LogP contribution in [0.5, 0.6) is 0 Å². The Morgan fingerprint density at radius 2 is 1.16 bits per heavy atom. The van der Waals surface area contributed by atoms with Gasteiger partial charge in [-0.1, -0.05) is 41.2 Å². The first-order valence-corrected chi connectivity index (χ1v) is 24.6. The molecule has 3 heterocycles. The maximum absolute atomic E-state index is 11.4. The minimum Gasteiger partial charge on any atom is -0.394 e. The quantitative estimate of drug-likeness (QED) is 0.0460. The number of hydrogen-bond acceptors (Lipinski definition) is 19. The Hall–Kier alpha value is -1.02. The third-order valence-electron chi connectivity index (χ3n) is 19.2. The number of aliphatic hydroxyl groups excluding tert-OH is 11. The van der Waals surface area contributed by atoms with Crippen LogP contribution in [0.3, 0.4) is 0 Å². The summed E-state index contributed by atoms with van der Waals surface area (Å²) in [5.74, 6) is 0.629. The standard InChI is InChI=1S/C48H82O19/c1-22(2)25(67-60)12-18-48(8,66-42-39(59)36(56)33(53)27(20-50)62-42)24-11-16-46(6)23(24)9-10-30-45(5)15-14-31(44(3,4)29(45)13-17-47(30,46)7)64-43-40(37(57)34(54)28(21-51)63-43)65-41-38(58)35(55)32(52)26(19-49)61-41/h23-43,49-60H,1,9-21H2,2-8H3/t23-,24+,25?,26-,27-,28-,29?,30-,31+,32-,33-,34-,35+,36+,37+,38-,39-,40-,41+,42+,43+,45+,46-,47-,48+/m1/s1. The number of ether oxygens (including phenoxy) is 6. The predicted octanol–water partition coefficient (Wildman–Crippen LogP) is 0.471. The van der Waals surface area contributed by atoms with Crippen molar-refractivity contribution in [1.82, 2.24) is 0 Å². The topological polar surface area (TPSA) is 307 Å². The van der Waals surface area contributed by atoms with E-state index in [1.807, 2.05) is 6.92 Å². The third kappa shape index (κ3) is 9.13. The SMILES string of the molecule is C=C(C)C(CC[C@](C)(O[C@@H]1O[C@H](CO)[C@@H](O)[C@H](O)[C@H]1O)[C@H]1CC[C@]2(C)[C@@H]1CC[C@@H]1[C@@]3(C)CC[C@H](O[C@@H]4O[C@H](CO)[C@@H](O)[C@H](O)[C@H]4O[C@@H]4O[C@H](CO)[C@@H](O)[C@H](O)[C@H]4O)C(C)(C)C3CC[C@]12C)OO. The van der Waals surface area contributed by atoms with E-state index in [9.17, 15) is 61.4 Å². The molecule has 7 rings (SSSR count). The predicted molar refractivity (Wildman–Crippen MR) is 235 cm³/mol. The molecule has 0 aromatic carbocycles. The molecule has 3 aliphatic heterocycles. The van der Waals surface area contributed by atoms with Crippen molar-refractivity contribution >= 4 is 0 Å². The van der Waals surface area contributed by atoms with Gasteiger partial charge in [-0.15, -0.1) is 0 Å². The summed E-state index contributed by atoms with van der Waals surface area (Å²) >= 11 is 0. The molecule has 7 aliphatic rings. The number of hydrogen-bond donors (Lipinski definition) is 12. The smallest absolute Gasteiger partial charge is 0.187 e. The Labute approximate surface area is 393 Å². The van der Waals surface area contributed by atoms with Gasteiger partial charge in [-0.2, -0.15) is 0 Å². The van der Waals surface area contributed by atoms with Crippen molar-refractivity contribution < 1.29 is 94.7 Å². The molecule has 388 valence electrons. The van der Waals surface area contributed by atoms with E-state index in [-0.39, 0.29) is 34.0 Å². The highest BCUT2D eigenvalue weighted by atomic mass is 17.1. The van der Waals surface area contributed by atoms with E-state index < -0.39 is 135 Å². The largest absolute Gasteiger partial charge is 0.394 e. The monoisotopic (exact) mass is 963 g/mol. The fourth-order valence-electron chi connectivity index (χ4n) is 15.1. The van der Waals surface area contributed by atoms with E-state index in [0.717, 1.165) is 44.9 Å². The molecule has 0 aromatic heterocycles. The Bertz CT molecular complexity index is 1690. The fraction of sp³-hybridized carbons (Fsp3) is 0.958. The Morgan fingerprint density at radius 1 is 0.627 bits per heavy atom. The zero-order valence-corrected chi connectivity index (χ0v) is 40.2. The summed E-state index contributed by atoms with van der Waals surface area (Å²) in [7, 11) is 0. The zero-order valence-electron chi connectivity index (χ0n) is 40.2. The normalized spacial score (nSPS) is 51.2. The number of aliphatic hydroxyl groups is 11. The van der Waals surface area contributed by atoms with E-state index in [0.29, 0.717) is 30.8 Å². The molecule has 67 heavy (non-hydrogen) atoms. The van der Waals surface area contributed by atoms with Crippen LogP contribution in [-0.2, 0) is 33.3 Å². The number of rotatable bonds is 15. The molecule has 0 aromatic rings. The van der Waals surface area contributed by atoms with Crippen LogP contribution in [0.1, 0.15) is 113 Å². The second kappa shape index (κ2) is 20.1. The van der Waals surface area contributed by atoms with Crippen LogP contribution in [0.15, 0.2) is 12.2 Å². The molecular formula is C48H82O19. The van der Waals surface area contributed by atoms with Crippen LogP contribution in [0, 0.1) is 45.3 Å². The van der Waals surface area contributed by atoms with E-state index in [1.54, 1.807) is 6.92 Å². The van der Waals surface area contributed by atoms with Crippen LogP contribution in [0.2, 0.25) is 0 Å². The zero-order chi connectivity index (χ0) is 49.3. The van der Waals surface area contributed by atoms with Gasteiger partial charge in [0.1, 0.15) is 79.4 Å². The summed E-state index contributed by atoms with van der Waals surface area (Å²) in [6, 6.07) is 0. The highest BCUT2D eigenvalue weighted by molar-refractivity contribution is 5.19. The molecule has 2 unspecified atom stereocenters. The average Bonchev–Trinajstić information content (AvgIpc) is 3.65. The minimum absolute atomic E-state index is 0.0385. The minimum atomic E-state index is -1.78. The summed E-state index contributed by atoms with van der Waals surface area (Å²) in [6.07, 6.45) is -16.3. The first-order valence-electron chi connectivity index (χ1n) is 24.6. The maximum Gasteiger partial charge on any atom is 0.187 e. The first-order chi connectivity index (χ1) is 31.4. The summed E-state index contributed by atoms with van der Waals surface area (Å²) in [5, 5.41) is 126. The van der Waals surface area contributed by atoms with Gasteiger partial charge in [0.2, 0.25) is 0 Å². The van der Waals surface area contributed by atoms with Crippen molar-refractivity contribution in [3.05, 3.63) is 12.2 Å². The lowest BCUT2D eigenvalue weighted by atomic mass is 9.35. The molecule has 4 aliphatic carbocycles. The van der Waals surface area contributed by atoms with Gasteiger partial charge >= 0.3 is 0 Å². The van der Waals surface area contributed by atoms with E-state index >= 15 is 0 Å².